The molecule has 0 saturated heterocycles. The molecule has 2 heterocycles. The molecule has 156 valence electrons. The number of esters is 2. The van der Waals surface area contributed by atoms with E-state index in [9.17, 15) is 9.59 Å². The first-order chi connectivity index (χ1) is 14.5. The molecule has 0 radical (unpaired) electrons. The van der Waals surface area contributed by atoms with Crippen molar-refractivity contribution in [1.29, 1.82) is 0 Å². The van der Waals surface area contributed by atoms with Crippen molar-refractivity contribution in [3.8, 4) is 0 Å². The van der Waals surface area contributed by atoms with Gasteiger partial charge in [-0.1, -0.05) is 30.3 Å². The zero-order valence-corrected chi connectivity index (χ0v) is 17.6. The van der Waals surface area contributed by atoms with Gasteiger partial charge in [-0.3, -0.25) is 9.69 Å². The Balaban J connectivity index is 1.90. The van der Waals surface area contributed by atoms with E-state index in [1.807, 2.05) is 24.3 Å². The molecule has 6 nitrogen and oxygen atoms in total. The maximum atomic E-state index is 12.8. The Bertz CT molecular complexity index is 1080. The van der Waals surface area contributed by atoms with Gasteiger partial charge in [-0.05, 0) is 43.2 Å². The number of aromatic nitrogens is 1. The van der Waals surface area contributed by atoms with Gasteiger partial charge in [-0.2, -0.15) is 0 Å². The molecular weight excluding hydrogens is 380 g/mol. The Morgan fingerprint density at radius 3 is 2.37 bits per heavy atom. The average molecular weight is 406 g/mol. The van der Waals surface area contributed by atoms with Crippen LogP contribution in [0, 0.1) is 0 Å². The Hall–Kier alpha value is -3.12. The molecule has 0 spiro atoms. The zero-order chi connectivity index (χ0) is 21.4. The number of hydrogen-bond donors (Lipinski definition) is 1. The third-order valence-electron chi connectivity index (χ3n) is 5.89. The van der Waals surface area contributed by atoms with Crippen molar-refractivity contribution in [2.24, 2.45) is 0 Å². The minimum Gasteiger partial charge on any atom is -0.468 e. The van der Waals surface area contributed by atoms with Crippen molar-refractivity contribution in [3.05, 3.63) is 70.9 Å². The van der Waals surface area contributed by atoms with Crippen LogP contribution in [0.4, 0.5) is 0 Å². The highest BCUT2D eigenvalue weighted by atomic mass is 16.5. The molecule has 6 heteroatoms. The van der Waals surface area contributed by atoms with Crippen LogP contribution < -0.4 is 0 Å². The van der Waals surface area contributed by atoms with Crippen molar-refractivity contribution >= 4 is 22.8 Å². The number of rotatable bonds is 4. The highest BCUT2D eigenvalue weighted by molar-refractivity contribution is 5.89. The molecule has 2 atom stereocenters. The fourth-order valence-corrected chi connectivity index (χ4v) is 4.56. The van der Waals surface area contributed by atoms with Crippen LogP contribution in [0.1, 0.15) is 47.1 Å². The van der Waals surface area contributed by atoms with Gasteiger partial charge in [0.05, 0.1) is 25.8 Å². The van der Waals surface area contributed by atoms with E-state index in [-0.39, 0.29) is 24.0 Å². The molecule has 0 amide bonds. The smallest absolute Gasteiger partial charge is 0.337 e. The highest BCUT2D eigenvalue weighted by Crippen LogP contribution is 2.42. The second-order valence-electron chi connectivity index (χ2n) is 7.86. The number of nitrogens with one attached hydrogen (secondary N) is 1. The van der Waals surface area contributed by atoms with Crippen LogP contribution in [0.5, 0.6) is 0 Å². The monoisotopic (exact) mass is 406 g/mol. The average Bonchev–Trinajstić information content (AvgIpc) is 3.15. The topological polar surface area (TPSA) is 71.6 Å². The summed E-state index contributed by atoms with van der Waals surface area (Å²) in [6, 6.07) is 15.1. The number of benzene rings is 2. The van der Waals surface area contributed by atoms with Crippen molar-refractivity contribution in [2.45, 2.75) is 38.4 Å². The lowest BCUT2D eigenvalue weighted by molar-refractivity contribution is -0.149. The van der Waals surface area contributed by atoms with Crippen molar-refractivity contribution in [3.63, 3.8) is 0 Å². The molecule has 1 aliphatic rings. The van der Waals surface area contributed by atoms with Crippen LogP contribution in [-0.4, -0.2) is 48.1 Å². The first-order valence-electron chi connectivity index (χ1n) is 10.1. The molecule has 1 aromatic heterocycles. The van der Waals surface area contributed by atoms with Crippen LogP contribution in [0.2, 0.25) is 0 Å². The van der Waals surface area contributed by atoms with E-state index in [1.165, 1.54) is 14.2 Å². The molecule has 30 heavy (non-hydrogen) atoms. The van der Waals surface area contributed by atoms with Gasteiger partial charge in [-0.15, -0.1) is 0 Å². The van der Waals surface area contributed by atoms with Crippen LogP contribution in [0.25, 0.3) is 10.9 Å². The lowest BCUT2D eigenvalue weighted by atomic mass is 9.86. The third kappa shape index (κ3) is 3.27. The molecule has 0 unspecified atom stereocenters. The molecule has 0 bridgehead atoms. The minimum absolute atomic E-state index is 0.0962. The van der Waals surface area contributed by atoms with Crippen LogP contribution in [-0.2, 0) is 20.7 Å². The maximum absolute atomic E-state index is 12.8. The molecule has 2 aromatic carbocycles. The Kier molecular flexibility index (Phi) is 5.35. The second-order valence-corrected chi connectivity index (χ2v) is 7.86. The summed E-state index contributed by atoms with van der Waals surface area (Å²) in [5.41, 5.74) is 4.76. The van der Waals surface area contributed by atoms with Crippen LogP contribution >= 0.6 is 0 Å². The van der Waals surface area contributed by atoms with Gasteiger partial charge in [0.15, 0.2) is 0 Å². The fraction of sp³-hybridized carbons (Fsp3) is 0.333. The molecule has 4 rings (SSSR count). The standard InChI is InChI=1S/C24H26N2O4/c1-14(2)26-20(24(28)30-4)13-18-17-7-5-6-8-19(17)25-21(18)22(26)15-9-11-16(12-10-15)23(27)29-3/h5-12,14,20,22,25H,13H2,1-4H3/t20-,22+/m1/s1. The van der Waals surface area contributed by atoms with E-state index in [1.54, 1.807) is 12.1 Å². The Labute approximate surface area is 175 Å². The quantitative estimate of drug-likeness (QED) is 0.667. The number of fused-ring (bicyclic) bond motifs is 3. The first kappa shape index (κ1) is 20.2. The molecular formula is C24H26N2O4. The number of methoxy groups -OCH3 is 2. The predicted molar refractivity (Wildman–Crippen MR) is 114 cm³/mol. The number of aromatic amines is 1. The van der Waals surface area contributed by atoms with E-state index >= 15 is 0 Å². The number of carbonyl (C=O) groups excluding carboxylic acids is 2. The van der Waals surface area contributed by atoms with Gasteiger partial charge in [0.25, 0.3) is 0 Å². The number of H-pyrrole nitrogens is 1. The normalized spacial score (nSPS) is 19.0. The van der Waals surface area contributed by atoms with Gasteiger partial charge >= 0.3 is 11.9 Å². The van der Waals surface area contributed by atoms with E-state index in [2.05, 4.69) is 35.9 Å². The molecule has 3 aromatic rings. The van der Waals surface area contributed by atoms with Gasteiger partial charge in [0.1, 0.15) is 6.04 Å². The SMILES string of the molecule is COC(=O)c1ccc([C@H]2c3[nH]c4ccccc4c3C[C@H](C(=O)OC)N2C(C)C)cc1. The lowest BCUT2D eigenvalue weighted by Gasteiger charge is -2.43. The van der Waals surface area contributed by atoms with Crippen LogP contribution in [0.3, 0.4) is 0 Å². The van der Waals surface area contributed by atoms with Crippen molar-refractivity contribution < 1.29 is 19.1 Å². The number of nitrogens with zero attached hydrogens (tertiary/aromatic N) is 1. The summed E-state index contributed by atoms with van der Waals surface area (Å²) in [4.78, 5) is 30.4. The number of para-hydroxylation sites is 1. The maximum Gasteiger partial charge on any atom is 0.337 e. The third-order valence-corrected chi connectivity index (χ3v) is 5.89. The van der Waals surface area contributed by atoms with E-state index in [0.717, 1.165) is 27.7 Å². The summed E-state index contributed by atoms with van der Waals surface area (Å²) >= 11 is 0. The van der Waals surface area contributed by atoms with Crippen LogP contribution in [0.15, 0.2) is 48.5 Å². The summed E-state index contributed by atoms with van der Waals surface area (Å²) in [7, 11) is 2.81. The Morgan fingerprint density at radius 2 is 1.73 bits per heavy atom. The predicted octanol–water partition coefficient (Wildman–Crippen LogP) is 3.85. The molecule has 0 aliphatic carbocycles. The number of carbonyl (C=O) groups is 2. The molecule has 0 saturated carbocycles. The highest BCUT2D eigenvalue weighted by Gasteiger charge is 2.42. The largest absolute Gasteiger partial charge is 0.468 e. The van der Waals surface area contributed by atoms with E-state index < -0.39 is 6.04 Å². The minimum atomic E-state index is -0.396. The second kappa shape index (κ2) is 7.95. The van der Waals surface area contributed by atoms with Gasteiger partial charge < -0.3 is 14.5 Å². The molecule has 1 aliphatic heterocycles. The van der Waals surface area contributed by atoms with Gasteiger partial charge in [-0.25, -0.2) is 4.79 Å². The zero-order valence-electron chi connectivity index (χ0n) is 17.6. The van der Waals surface area contributed by atoms with Gasteiger partial charge in [0, 0.05) is 29.1 Å². The van der Waals surface area contributed by atoms with E-state index in [4.69, 9.17) is 9.47 Å². The summed E-state index contributed by atoms with van der Waals surface area (Å²) in [5.74, 6) is -0.611. The lowest BCUT2D eigenvalue weighted by Crippen LogP contribution is -2.52. The summed E-state index contributed by atoms with van der Waals surface area (Å²) < 4.78 is 9.99. The molecule has 1 N–H and O–H groups in total. The van der Waals surface area contributed by atoms with Crippen molar-refractivity contribution in [1.82, 2.24) is 9.88 Å². The number of ether oxygens (including phenoxy) is 2. The number of hydrogen-bond acceptors (Lipinski definition) is 5. The molecule has 0 fully saturated rings. The first-order valence-corrected chi connectivity index (χ1v) is 10.1. The summed E-state index contributed by atoms with van der Waals surface area (Å²) in [6.45, 7) is 4.17. The van der Waals surface area contributed by atoms with E-state index in [0.29, 0.717) is 12.0 Å². The van der Waals surface area contributed by atoms with Gasteiger partial charge in [0.2, 0.25) is 0 Å². The van der Waals surface area contributed by atoms with Crippen molar-refractivity contribution in [2.75, 3.05) is 14.2 Å². The summed E-state index contributed by atoms with van der Waals surface area (Å²) in [5, 5.41) is 1.13. The Morgan fingerprint density at radius 1 is 1.03 bits per heavy atom. The summed E-state index contributed by atoms with van der Waals surface area (Å²) in [6.07, 6.45) is 0.584. The fourth-order valence-electron chi connectivity index (χ4n) is 4.56.